The van der Waals surface area contributed by atoms with Gasteiger partial charge in [0.2, 0.25) is 0 Å². The summed E-state index contributed by atoms with van der Waals surface area (Å²) in [5, 5.41) is 20.5. The summed E-state index contributed by atoms with van der Waals surface area (Å²) in [6, 6.07) is 3.57. The van der Waals surface area contributed by atoms with E-state index in [0.29, 0.717) is 16.6 Å². The smallest absolute Gasteiger partial charge is 0.273 e. The SMILES string of the molecule is Cc1cc(N2CC(O)CC2C)c(Br)cc1[N+](=O)[O-]. The van der Waals surface area contributed by atoms with Gasteiger partial charge in [-0.1, -0.05) is 0 Å². The number of anilines is 1. The quantitative estimate of drug-likeness (QED) is 0.673. The van der Waals surface area contributed by atoms with Crippen molar-refractivity contribution in [3.63, 3.8) is 0 Å². The molecule has 0 amide bonds. The normalized spacial score (nSPS) is 23.4. The zero-order valence-electron chi connectivity index (χ0n) is 10.3. The Kier molecular flexibility index (Phi) is 3.59. The van der Waals surface area contributed by atoms with Crippen molar-refractivity contribution in [3.05, 3.63) is 32.3 Å². The van der Waals surface area contributed by atoms with Gasteiger partial charge >= 0.3 is 0 Å². The van der Waals surface area contributed by atoms with Gasteiger partial charge in [-0.3, -0.25) is 10.1 Å². The van der Waals surface area contributed by atoms with Gasteiger partial charge in [0.25, 0.3) is 5.69 Å². The molecule has 1 aliphatic heterocycles. The maximum atomic E-state index is 10.9. The molecule has 1 fully saturated rings. The summed E-state index contributed by atoms with van der Waals surface area (Å²) in [7, 11) is 0. The highest BCUT2D eigenvalue weighted by molar-refractivity contribution is 9.10. The Morgan fingerprint density at radius 1 is 1.56 bits per heavy atom. The average molecular weight is 315 g/mol. The van der Waals surface area contributed by atoms with Crippen LogP contribution in [0.5, 0.6) is 0 Å². The van der Waals surface area contributed by atoms with Gasteiger partial charge in [-0.05, 0) is 42.3 Å². The van der Waals surface area contributed by atoms with Crippen LogP contribution < -0.4 is 4.90 Å². The van der Waals surface area contributed by atoms with Gasteiger partial charge in [-0.15, -0.1) is 0 Å². The van der Waals surface area contributed by atoms with Crippen molar-refractivity contribution >= 4 is 27.3 Å². The van der Waals surface area contributed by atoms with Crippen LogP contribution in [-0.2, 0) is 0 Å². The molecular formula is C12H15BrN2O3. The van der Waals surface area contributed by atoms with Crippen LogP contribution in [0.2, 0.25) is 0 Å². The summed E-state index contributed by atoms with van der Waals surface area (Å²) in [6.07, 6.45) is 0.394. The minimum atomic E-state index is -0.383. The van der Waals surface area contributed by atoms with Crippen LogP contribution in [0.1, 0.15) is 18.9 Å². The van der Waals surface area contributed by atoms with E-state index in [1.54, 1.807) is 13.0 Å². The van der Waals surface area contributed by atoms with E-state index >= 15 is 0 Å². The van der Waals surface area contributed by atoms with Crippen LogP contribution in [0, 0.1) is 17.0 Å². The number of nitro benzene ring substituents is 1. The number of halogens is 1. The monoisotopic (exact) mass is 314 g/mol. The molecule has 1 heterocycles. The standard InChI is InChI=1S/C12H15BrN2O3/c1-7-3-12(10(13)5-11(7)15(17)18)14-6-9(16)4-8(14)2/h3,5,8-9,16H,4,6H2,1-2H3. The lowest BCUT2D eigenvalue weighted by Gasteiger charge is -2.25. The number of hydrogen-bond acceptors (Lipinski definition) is 4. The summed E-state index contributed by atoms with van der Waals surface area (Å²) < 4.78 is 0.695. The number of nitrogens with zero attached hydrogens (tertiary/aromatic N) is 2. The first-order chi connectivity index (χ1) is 8.40. The Hall–Kier alpha value is -1.14. The number of hydrogen-bond donors (Lipinski definition) is 1. The van der Waals surface area contributed by atoms with E-state index in [0.717, 1.165) is 12.1 Å². The predicted molar refractivity (Wildman–Crippen MR) is 73.0 cm³/mol. The predicted octanol–water partition coefficient (Wildman–Crippen LogP) is 2.63. The lowest BCUT2D eigenvalue weighted by atomic mass is 10.1. The van der Waals surface area contributed by atoms with E-state index in [-0.39, 0.29) is 22.8 Å². The molecule has 1 saturated heterocycles. The van der Waals surface area contributed by atoms with Crippen molar-refractivity contribution in [1.82, 2.24) is 0 Å². The molecule has 2 atom stereocenters. The van der Waals surface area contributed by atoms with Crippen molar-refractivity contribution in [2.75, 3.05) is 11.4 Å². The van der Waals surface area contributed by atoms with E-state index in [4.69, 9.17) is 0 Å². The second-order valence-electron chi connectivity index (χ2n) is 4.74. The summed E-state index contributed by atoms with van der Waals surface area (Å²) >= 11 is 3.38. The van der Waals surface area contributed by atoms with Crippen molar-refractivity contribution < 1.29 is 10.0 Å². The lowest BCUT2D eigenvalue weighted by molar-refractivity contribution is -0.385. The third-order valence-corrected chi connectivity index (χ3v) is 3.96. The molecule has 0 radical (unpaired) electrons. The van der Waals surface area contributed by atoms with Crippen LogP contribution in [0.25, 0.3) is 0 Å². The first kappa shape index (κ1) is 13.3. The molecule has 18 heavy (non-hydrogen) atoms. The Labute approximate surface area is 114 Å². The summed E-state index contributed by atoms with van der Waals surface area (Å²) in [5.74, 6) is 0. The fraction of sp³-hybridized carbons (Fsp3) is 0.500. The highest BCUT2D eigenvalue weighted by atomic mass is 79.9. The third kappa shape index (κ3) is 2.35. The van der Waals surface area contributed by atoms with Crippen LogP contribution in [0.3, 0.4) is 0 Å². The molecule has 0 aliphatic carbocycles. The molecule has 0 aromatic heterocycles. The highest BCUT2D eigenvalue weighted by Gasteiger charge is 2.29. The molecule has 0 bridgehead atoms. The van der Waals surface area contributed by atoms with Crippen LogP contribution in [-0.4, -0.2) is 28.7 Å². The van der Waals surface area contributed by atoms with Crippen LogP contribution in [0.4, 0.5) is 11.4 Å². The molecule has 0 spiro atoms. The second kappa shape index (κ2) is 4.85. The van der Waals surface area contributed by atoms with E-state index in [9.17, 15) is 15.2 Å². The molecule has 1 N–H and O–H groups in total. The minimum Gasteiger partial charge on any atom is -0.391 e. The van der Waals surface area contributed by atoms with Gasteiger partial charge < -0.3 is 10.0 Å². The molecule has 2 unspecified atom stereocenters. The zero-order valence-corrected chi connectivity index (χ0v) is 11.8. The average Bonchev–Trinajstić information content (AvgIpc) is 2.60. The number of β-amino-alcohol motifs (C(OH)–C–C–N with tert-alkyl or cyclic N) is 1. The molecule has 1 aromatic rings. The van der Waals surface area contributed by atoms with Crippen molar-refractivity contribution in [2.24, 2.45) is 0 Å². The molecule has 98 valence electrons. The molecule has 1 aliphatic rings. The maximum Gasteiger partial charge on any atom is 0.273 e. The van der Waals surface area contributed by atoms with E-state index in [2.05, 4.69) is 20.8 Å². The number of nitro groups is 1. The Balaban J connectivity index is 2.41. The fourth-order valence-corrected chi connectivity index (χ4v) is 2.97. The first-order valence-corrected chi connectivity index (χ1v) is 6.58. The number of aliphatic hydroxyl groups excluding tert-OH is 1. The van der Waals surface area contributed by atoms with Gasteiger partial charge in [0.15, 0.2) is 0 Å². The van der Waals surface area contributed by atoms with E-state index in [1.807, 2.05) is 6.92 Å². The van der Waals surface area contributed by atoms with Crippen molar-refractivity contribution in [2.45, 2.75) is 32.4 Å². The maximum absolute atomic E-state index is 10.9. The van der Waals surface area contributed by atoms with Gasteiger partial charge in [0.1, 0.15) is 0 Å². The van der Waals surface area contributed by atoms with Gasteiger partial charge in [0, 0.05) is 28.7 Å². The summed E-state index contributed by atoms with van der Waals surface area (Å²) in [6.45, 7) is 4.33. The first-order valence-electron chi connectivity index (χ1n) is 5.79. The lowest BCUT2D eigenvalue weighted by Crippen LogP contribution is -2.27. The highest BCUT2D eigenvalue weighted by Crippen LogP contribution is 2.36. The van der Waals surface area contributed by atoms with Gasteiger partial charge in [-0.2, -0.15) is 0 Å². The Bertz CT molecular complexity index is 492. The fourth-order valence-electron chi connectivity index (χ4n) is 2.41. The van der Waals surface area contributed by atoms with E-state index < -0.39 is 0 Å². The van der Waals surface area contributed by atoms with Crippen LogP contribution >= 0.6 is 15.9 Å². The van der Waals surface area contributed by atoms with E-state index in [1.165, 1.54) is 6.07 Å². The number of benzene rings is 1. The zero-order chi connectivity index (χ0) is 13.4. The number of rotatable bonds is 2. The number of aliphatic hydroxyl groups is 1. The molecule has 2 rings (SSSR count). The molecule has 0 saturated carbocycles. The Morgan fingerprint density at radius 2 is 2.22 bits per heavy atom. The number of aryl methyl sites for hydroxylation is 1. The minimum absolute atomic E-state index is 0.109. The Morgan fingerprint density at radius 3 is 2.72 bits per heavy atom. The second-order valence-corrected chi connectivity index (χ2v) is 5.59. The largest absolute Gasteiger partial charge is 0.391 e. The summed E-state index contributed by atoms with van der Waals surface area (Å²) in [5.41, 5.74) is 1.65. The molecular weight excluding hydrogens is 300 g/mol. The topological polar surface area (TPSA) is 66.6 Å². The van der Waals surface area contributed by atoms with Crippen LogP contribution in [0.15, 0.2) is 16.6 Å². The van der Waals surface area contributed by atoms with Gasteiger partial charge in [-0.25, -0.2) is 0 Å². The summed E-state index contributed by atoms with van der Waals surface area (Å²) in [4.78, 5) is 12.5. The van der Waals surface area contributed by atoms with Crippen molar-refractivity contribution in [1.29, 1.82) is 0 Å². The molecule has 6 heteroatoms. The molecule has 1 aromatic carbocycles. The molecule has 5 nitrogen and oxygen atoms in total. The van der Waals surface area contributed by atoms with Gasteiger partial charge in [0.05, 0.1) is 16.7 Å². The van der Waals surface area contributed by atoms with Crippen molar-refractivity contribution in [3.8, 4) is 0 Å². The third-order valence-electron chi connectivity index (χ3n) is 3.32.